The molecule has 184 valence electrons. The molecule has 2 fully saturated rings. The number of hydrogen-bond donors (Lipinski definition) is 2. The van der Waals surface area contributed by atoms with Crippen molar-refractivity contribution >= 4 is 23.6 Å². The molecule has 35 heavy (non-hydrogen) atoms. The summed E-state index contributed by atoms with van der Waals surface area (Å²) in [5, 5.41) is 3.41. The van der Waals surface area contributed by atoms with Crippen molar-refractivity contribution in [2.24, 2.45) is 5.92 Å². The van der Waals surface area contributed by atoms with Crippen LogP contribution in [0.2, 0.25) is 0 Å². The Morgan fingerprint density at radius 2 is 1.77 bits per heavy atom. The molecule has 2 saturated heterocycles. The van der Waals surface area contributed by atoms with E-state index in [1.54, 1.807) is 42.2 Å². The molecule has 0 spiro atoms. The normalized spacial score (nSPS) is 21.2. The molecule has 2 aliphatic heterocycles. The van der Waals surface area contributed by atoms with Crippen LogP contribution in [-0.2, 0) is 15.1 Å². The molecule has 0 radical (unpaired) electrons. The molecule has 1 atom stereocenters. The van der Waals surface area contributed by atoms with Gasteiger partial charge in [0, 0.05) is 5.92 Å². The van der Waals surface area contributed by atoms with E-state index in [1.807, 2.05) is 0 Å². The van der Waals surface area contributed by atoms with Crippen LogP contribution in [-0.4, -0.2) is 53.2 Å². The Balaban J connectivity index is 1.33. The number of Topliss-reactive ketones (excluding diaryl/α,β-unsaturated/α-hetero) is 1. The van der Waals surface area contributed by atoms with Crippen molar-refractivity contribution in [1.29, 1.82) is 0 Å². The van der Waals surface area contributed by atoms with E-state index in [2.05, 4.69) is 10.7 Å². The minimum atomic E-state index is -1.25. The minimum absolute atomic E-state index is 0.0865. The van der Waals surface area contributed by atoms with Crippen LogP contribution in [0.4, 0.5) is 13.6 Å². The lowest BCUT2D eigenvalue weighted by molar-refractivity contribution is -0.140. The van der Waals surface area contributed by atoms with Crippen molar-refractivity contribution in [3.05, 3.63) is 71.3 Å². The summed E-state index contributed by atoms with van der Waals surface area (Å²) in [4.78, 5) is 52.7. The van der Waals surface area contributed by atoms with Crippen LogP contribution in [0.3, 0.4) is 0 Å². The largest absolute Gasteiger partial charge is 0.344 e. The molecule has 4 amide bonds. The fourth-order valence-electron chi connectivity index (χ4n) is 4.66. The Bertz CT molecular complexity index is 1150. The van der Waals surface area contributed by atoms with Crippen LogP contribution in [0, 0.1) is 17.6 Å². The average Bonchev–Trinajstić information content (AvgIpc) is 3.11. The summed E-state index contributed by atoms with van der Waals surface area (Å²) < 4.78 is 27.4. The third kappa shape index (κ3) is 4.79. The summed E-state index contributed by atoms with van der Waals surface area (Å²) >= 11 is 0. The maximum Gasteiger partial charge on any atom is 0.344 e. The van der Waals surface area contributed by atoms with Gasteiger partial charge in [0.1, 0.15) is 17.2 Å². The first-order valence-electron chi connectivity index (χ1n) is 11.5. The van der Waals surface area contributed by atoms with Crippen LogP contribution < -0.4 is 10.7 Å². The quantitative estimate of drug-likeness (QED) is 0.465. The van der Waals surface area contributed by atoms with Gasteiger partial charge in [-0.05, 0) is 56.1 Å². The van der Waals surface area contributed by atoms with Crippen molar-refractivity contribution in [3.8, 4) is 0 Å². The molecular formula is C25H26F2N4O4. The molecule has 0 saturated carbocycles. The molecule has 8 nitrogen and oxygen atoms in total. The number of hydrazine groups is 1. The number of piperidine rings is 1. The van der Waals surface area contributed by atoms with E-state index in [-0.39, 0.29) is 12.1 Å². The molecule has 2 aromatic carbocycles. The molecule has 2 aromatic rings. The molecule has 1 unspecified atom stereocenters. The van der Waals surface area contributed by atoms with Gasteiger partial charge >= 0.3 is 6.03 Å². The van der Waals surface area contributed by atoms with E-state index < -0.39 is 46.7 Å². The summed E-state index contributed by atoms with van der Waals surface area (Å²) in [6.45, 7) is 2.45. The number of likely N-dealkylation sites (tertiary alicyclic amines) is 1. The number of halogens is 2. The van der Waals surface area contributed by atoms with Crippen molar-refractivity contribution in [3.63, 3.8) is 0 Å². The van der Waals surface area contributed by atoms with Gasteiger partial charge in [-0.25, -0.2) is 13.6 Å². The van der Waals surface area contributed by atoms with E-state index in [1.165, 1.54) is 0 Å². The van der Waals surface area contributed by atoms with Crippen molar-refractivity contribution < 1.29 is 28.0 Å². The Labute approximate surface area is 201 Å². The highest BCUT2D eigenvalue weighted by atomic mass is 19.1. The molecular weight excluding hydrogens is 458 g/mol. The fourth-order valence-corrected chi connectivity index (χ4v) is 4.66. The average molecular weight is 485 g/mol. The Morgan fingerprint density at radius 1 is 1.09 bits per heavy atom. The zero-order valence-corrected chi connectivity index (χ0v) is 19.2. The maximum atomic E-state index is 14.0. The number of carbonyl (C=O) groups is 4. The molecule has 0 bridgehead atoms. The van der Waals surface area contributed by atoms with Gasteiger partial charge in [0.25, 0.3) is 11.8 Å². The summed E-state index contributed by atoms with van der Waals surface area (Å²) in [6.07, 6.45) is 1.05. The number of urea groups is 1. The molecule has 10 heteroatoms. The number of imide groups is 1. The first-order valence-corrected chi connectivity index (χ1v) is 11.5. The standard InChI is InChI=1S/C25H26F2N4O4/c1-2-25(17-6-4-3-5-7-17)23(34)31(24(35)28-25)29-21(32)15-30-12-10-16(11-13-30)22(33)19-14-18(26)8-9-20(19)27/h3-9,14,16H,2,10-13,15H2,1H3,(H,28,35)(H,29,32). The van der Waals surface area contributed by atoms with Gasteiger partial charge in [-0.2, -0.15) is 5.01 Å². The maximum absolute atomic E-state index is 14.0. The second-order valence-electron chi connectivity index (χ2n) is 8.77. The van der Waals surface area contributed by atoms with Crippen molar-refractivity contribution in [2.75, 3.05) is 19.6 Å². The lowest BCUT2D eigenvalue weighted by Crippen LogP contribution is -2.52. The Hall–Kier alpha value is -3.66. The number of nitrogens with zero attached hydrogens (tertiary/aromatic N) is 2. The van der Waals surface area contributed by atoms with E-state index in [0.29, 0.717) is 42.9 Å². The highest BCUT2D eigenvalue weighted by molar-refractivity contribution is 6.08. The van der Waals surface area contributed by atoms with Crippen LogP contribution >= 0.6 is 0 Å². The number of nitrogens with one attached hydrogen (secondary N) is 2. The van der Waals surface area contributed by atoms with Crippen molar-refractivity contribution in [2.45, 2.75) is 31.7 Å². The second-order valence-corrected chi connectivity index (χ2v) is 8.77. The number of amides is 4. The van der Waals surface area contributed by atoms with Crippen molar-refractivity contribution in [1.82, 2.24) is 20.7 Å². The second kappa shape index (κ2) is 9.91. The van der Waals surface area contributed by atoms with Crippen LogP contribution in [0.25, 0.3) is 0 Å². The zero-order chi connectivity index (χ0) is 25.2. The number of hydrogen-bond acceptors (Lipinski definition) is 5. The highest BCUT2D eigenvalue weighted by Gasteiger charge is 2.52. The highest BCUT2D eigenvalue weighted by Crippen LogP contribution is 2.31. The summed E-state index contributed by atoms with van der Waals surface area (Å²) in [6, 6.07) is 10.9. The number of benzene rings is 2. The van der Waals surface area contributed by atoms with Gasteiger partial charge in [0.2, 0.25) is 0 Å². The lowest BCUT2D eigenvalue weighted by Gasteiger charge is -2.31. The monoisotopic (exact) mass is 484 g/mol. The smallest absolute Gasteiger partial charge is 0.318 e. The molecule has 2 aliphatic rings. The summed E-state index contributed by atoms with van der Waals surface area (Å²) in [7, 11) is 0. The van der Waals surface area contributed by atoms with Crippen LogP contribution in [0.5, 0.6) is 0 Å². The molecule has 4 rings (SSSR count). The van der Waals surface area contributed by atoms with Crippen LogP contribution in [0.1, 0.15) is 42.1 Å². The van der Waals surface area contributed by atoms with Gasteiger partial charge in [-0.1, -0.05) is 37.3 Å². The molecule has 0 aliphatic carbocycles. The SMILES string of the molecule is CCC1(c2ccccc2)NC(=O)N(NC(=O)CN2CCC(C(=O)c3cc(F)ccc3F)CC2)C1=O. The zero-order valence-electron chi connectivity index (χ0n) is 19.2. The Morgan fingerprint density at radius 3 is 2.43 bits per heavy atom. The van der Waals surface area contributed by atoms with E-state index >= 15 is 0 Å². The predicted molar refractivity (Wildman–Crippen MR) is 122 cm³/mol. The van der Waals surface area contributed by atoms with E-state index in [9.17, 15) is 28.0 Å². The molecule has 2 N–H and O–H groups in total. The van der Waals surface area contributed by atoms with E-state index in [0.717, 1.165) is 18.2 Å². The Kier molecular flexibility index (Phi) is 6.93. The topological polar surface area (TPSA) is 98.8 Å². The number of rotatable bonds is 7. The number of ketones is 1. The van der Waals surface area contributed by atoms with Gasteiger partial charge in [-0.15, -0.1) is 0 Å². The van der Waals surface area contributed by atoms with Gasteiger partial charge in [-0.3, -0.25) is 24.7 Å². The van der Waals surface area contributed by atoms with Gasteiger partial charge in [0.15, 0.2) is 5.78 Å². The first-order chi connectivity index (χ1) is 16.7. The minimum Gasteiger partial charge on any atom is -0.318 e. The number of carbonyl (C=O) groups excluding carboxylic acids is 4. The molecule has 0 aromatic heterocycles. The summed E-state index contributed by atoms with van der Waals surface area (Å²) in [5.74, 6) is -3.48. The fraction of sp³-hybridized carbons (Fsp3) is 0.360. The van der Waals surface area contributed by atoms with E-state index in [4.69, 9.17) is 0 Å². The first kappa shape index (κ1) is 24.5. The van der Waals surface area contributed by atoms with Gasteiger partial charge in [0.05, 0.1) is 12.1 Å². The van der Waals surface area contributed by atoms with Crippen LogP contribution in [0.15, 0.2) is 48.5 Å². The lowest BCUT2D eigenvalue weighted by atomic mass is 9.87. The molecule has 2 heterocycles. The third-order valence-corrected chi connectivity index (χ3v) is 6.64. The van der Waals surface area contributed by atoms with Gasteiger partial charge < -0.3 is 5.32 Å². The third-order valence-electron chi connectivity index (χ3n) is 6.64. The summed E-state index contributed by atoms with van der Waals surface area (Å²) in [5.41, 5.74) is 1.50. The predicted octanol–water partition coefficient (Wildman–Crippen LogP) is 2.75.